The number of carbonyl (C=O) groups excluding carboxylic acids is 1. The highest BCUT2D eigenvalue weighted by atomic mass is 127. The summed E-state index contributed by atoms with van der Waals surface area (Å²) < 4.78 is 0.981. The number of halogens is 2. The standard InChI is InChI=1S/C17H16ClIO/c1-10-6-14(18)8-13-4-3-12-7-11(9-19)2-5-15(12)17(20)16(10)13/h2,5-8,10,16H,3-4,9H2,1H3. The van der Waals surface area contributed by atoms with E-state index in [9.17, 15) is 4.79 Å². The molecule has 0 fully saturated rings. The Balaban J connectivity index is 2.06. The van der Waals surface area contributed by atoms with Gasteiger partial charge in [-0.3, -0.25) is 4.79 Å². The predicted octanol–water partition coefficient (Wildman–Crippen LogP) is 5.07. The number of fused-ring (bicyclic) bond motifs is 2. The second-order valence-electron chi connectivity index (χ2n) is 5.60. The first-order valence-electron chi connectivity index (χ1n) is 6.90. The molecular formula is C17H16ClIO. The van der Waals surface area contributed by atoms with Gasteiger partial charge in [-0.1, -0.05) is 71.0 Å². The highest BCUT2D eigenvalue weighted by Crippen LogP contribution is 2.38. The molecule has 0 N–H and O–H groups in total. The molecule has 1 aromatic carbocycles. The average Bonchev–Trinajstić information content (AvgIpc) is 2.56. The molecule has 0 aliphatic heterocycles. The number of ketones is 1. The van der Waals surface area contributed by atoms with Crippen molar-refractivity contribution < 1.29 is 4.79 Å². The fraction of sp³-hybridized carbons (Fsp3) is 0.353. The molecule has 0 amide bonds. The summed E-state index contributed by atoms with van der Waals surface area (Å²) in [6.45, 7) is 2.09. The molecule has 0 bridgehead atoms. The maximum absolute atomic E-state index is 12.9. The number of alkyl halides is 1. The second-order valence-corrected chi connectivity index (χ2v) is 6.80. The summed E-state index contributed by atoms with van der Waals surface area (Å²) >= 11 is 8.52. The van der Waals surface area contributed by atoms with Gasteiger partial charge >= 0.3 is 0 Å². The Hall–Kier alpha value is -0.610. The lowest BCUT2D eigenvalue weighted by atomic mass is 9.78. The summed E-state index contributed by atoms with van der Waals surface area (Å²) in [5.41, 5.74) is 4.59. The quantitative estimate of drug-likeness (QED) is 0.477. The molecule has 20 heavy (non-hydrogen) atoms. The lowest BCUT2D eigenvalue weighted by Crippen LogP contribution is -2.24. The Bertz CT molecular complexity index is 630. The third kappa shape index (κ3) is 2.48. The Morgan fingerprint density at radius 1 is 1.35 bits per heavy atom. The molecule has 0 radical (unpaired) electrons. The van der Waals surface area contributed by atoms with Crippen LogP contribution in [-0.4, -0.2) is 5.78 Å². The van der Waals surface area contributed by atoms with Crippen molar-refractivity contribution >= 4 is 40.0 Å². The number of benzene rings is 1. The van der Waals surface area contributed by atoms with Crippen LogP contribution < -0.4 is 0 Å². The highest BCUT2D eigenvalue weighted by Gasteiger charge is 2.34. The van der Waals surface area contributed by atoms with Crippen LogP contribution >= 0.6 is 34.2 Å². The molecule has 1 aromatic rings. The molecule has 0 saturated heterocycles. The maximum Gasteiger partial charge on any atom is 0.170 e. The van der Waals surface area contributed by atoms with Crippen LogP contribution in [0.5, 0.6) is 0 Å². The Morgan fingerprint density at radius 2 is 2.15 bits per heavy atom. The average molecular weight is 399 g/mol. The van der Waals surface area contributed by atoms with Gasteiger partial charge in [0.05, 0.1) is 0 Å². The number of Topliss-reactive ketones (excluding diaryl/α,β-unsaturated/α-hetero) is 1. The molecule has 3 rings (SSSR count). The summed E-state index contributed by atoms with van der Waals surface area (Å²) in [4.78, 5) is 12.9. The van der Waals surface area contributed by atoms with Crippen LogP contribution in [0.25, 0.3) is 0 Å². The van der Waals surface area contributed by atoms with E-state index in [1.165, 1.54) is 16.7 Å². The molecule has 2 aliphatic carbocycles. The van der Waals surface area contributed by atoms with Gasteiger partial charge in [-0.15, -0.1) is 0 Å². The zero-order valence-electron chi connectivity index (χ0n) is 11.3. The van der Waals surface area contributed by atoms with E-state index >= 15 is 0 Å². The molecule has 2 aliphatic rings. The number of hydrogen-bond donors (Lipinski definition) is 0. The van der Waals surface area contributed by atoms with Crippen molar-refractivity contribution in [3.63, 3.8) is 0 Å². The van der Waals surface area contributed by atoms with Crippen LogP contribution in [0.2, 0.25) is 0 Å². The van der Waals surface area contributed by atoms with Crippen LogP contribution in [0.1, 0.15) is 34.8 Å². The van der Waals surface area contributed by atoms with Crippen molar-refractivity contribution in [2.24, 2.45) is 11.8 Å². The topological polar surface area (TPSA) is 17.1 Å². The SMILES string of the molecule is CC1C=C(Cl)C=C2CCc3cc(CI)ccc3C(=O)C21. The van der Waals surface area contributed by atoms with Gasteiger partial charge in [0.25, 0.3) is 0 Å². The van der Waals surface area contributed by atoms with E-state index in [0.29, 0.717) is 0 Å². The minimum atomic E-state index is -0.0239. The number of carbonyl (C=O) groups is 1. The monoisotopic (exact) mass is 398 g/mol. The Kier molecular flexibility index (Phi) is 4.04. The zero-order valence-corrected chi connectivity index (χ0v) is 14.2. The lowest BCUT2D eigenvalue weighted by molar-refractivity contribution is 0.0919. The van der Waals surface area contributed by atoms with Crippen molar-refractivity contribution in [3.8, 4) is 0 Å². The third-order valence-electron chi connectivity index (χ3n) is 4.23. The smallest absolute Gasteiger partial charge is 0.170 e. The van der Waals surface area contributed by atoms with Crippen LogP contribution in [0.4, 0.5) is 0 Å². The van der Waals surface area contributed by atoms with Gasteiger partial charge in [0.2, 0.25) is 0 Å². The normalized spacial score (nSPS) is 25.2. The number of hydrogen-bond acceptors (Lipinski definition) is 1. The fourth-order valence-electron chi connectivity index (χ4n) is 3.26. The molecule has 2 atom stereocenters. The Labute approximate surface area is 138 Å². The van der Waals surface area contributed by atoms with Crippen LogP contribution in [-0.2, 0) is 10.8 Å². The Morgan fingerprint density at radius 3 is 2.90 bits per heavy atom. The first-order valence-corrected chi connectivity index (χ1v) is 8.80. The van der Waals surface area contributed by atoms with Gasteiger partial charge in [0.1, 0.15) is 0 Å². The van der Waals surface area contributed by atoms with E-state index in [0.717, 1.165) is 27.9 Å². The van der Waals surface area contributed by atoms with E-state index in [1.54, 1.807) is 0 Å². The molecule has 1 nitrogen and oxygen atoms in total. The van der Waals surface area contributed by atoms with Gasteiger partial charge in [0.15, 0.2) is 5.78 Å². The molecule has 3 heteroatoms. The largest absolute Gasteiger partial charge is 0.293 e. The summed E-state index contributed by atoms with van der Waals surface area (Å²) in [5, 5.41) is 0.774. The summed E-state index contributed by atoms with van der Waals surface area (Å²) in [6, 6.07) is 6.28. The highest BCUT2D eigenvalue weighted by molar-refractivity contribution is 14.1. The second kappa shape index (κ2) is 5.64. The molecule has 0 aromatic heterocycles. The van der Waals surface area contributed by atoms with E-state index < -0.39 is 0 Å². The van der Waals surface area contributed by atoms with E-state index in [1.807, 2.05) is 18.2 Å². The number of allylic oxidation sites excluding steroid dienone is 4. The van der Waals surface area contributed by atoms with Crippen molar-refractivity contribution in [1.82, 2.24) is 0 Å². The van der Waals surface area contributed by atoms with Gasteiger partial charge < -0.3 is 0 Å². The molecule has 104 valence electrons. The van der Waals surface area contributed by atoms with Crippen LogP contribution in [0.3, 0.4) is 0 Å². The minimum Gasteiger partial charge on any atom is -0.293 e. The van der Waals surface area contributed by atoms with Gasteiger partial charge in [-0.25, -0.2) is 0 Å². The van der Waals surface area contributed by atoms with Crippen molar-refractivity contribution in [3.05, 3.63) is 57.6 Å². The number of rotatable bonds is 1. The molecule has 0 heterocycles. The third-order valence-corrected chi connectivity index (χ3v) is 5.34. The zero-order chi connectivity index (χ0) is 14.3. The summed E-state index contributed by atoms with van der Waals surface area (Å²) in [6.07, 6.45) is 5.86. The summed E-state index contributed by atoms with van der Waals surface area (Å²) in [5.74, 6) is 0.422. The van der Waals surface area contributed by atoms with Gasteiger partial charge in [-0.2, -0.15) is 0 Å². The molecule has 0 spiro atoms. The van der Waals surface area contributed by atoms with Gasteiger partial charge in [0, 0.05) is 20.9 Å². The molecule has 0 saturated carbocycles. The minimum absolute atomic E-state index is 0.0239. The summed E-state index contributed by atoms with van der Waals surface area (Å²) in [7, 11) is 0. The lowest BCUT2D eigenvalue weighted by Gasteiger charge is -2.25. The molecular weight excluding hydrogens is 383 g/mol. The van der Waals surface area contributed by atoms with Crippen molar-refractivity contribution in [1.29, 1.82) is 0 Å². The number of aryl methyl sites for hydroxylation is 1. The maximum atomic E-state index is 12.9. The van der Waals surface area contributed by atoms with Crippen LogP contribution in [0.15, 0.2) is 41.0 Å². The van der Waals surface area contributed by atoms with E-state index in [2.05, 4.69) is 41.6 Å². The van der Waals surface area contributed by atoms with Crippen molar-refractivity contribution in [2.75, 3.05) is 0 Å². The predicted molar refractivity (Wildman–Crippen MR) is 91.5 cm³/mol. The molecule has 2 unspecified atom stereocenters. The van der Waals surface area contributed by atoms with E-state index in [4.69, 9.17) is 11.6 Å². The van der Waals surface area contributed by atoms with Crippen molar-refractivity contribution in [2.45, 2.75) is 24.2 Å². The first kappa shape index (κ1) is 14.3. The first-order chi connectivity index (χ1) is 9.60. The van der Waals surface area contributed by atoms with E-state index in [-0.39, 0.29) is 17.6 Å². The fourth-order valence-corrected chi connectivity index (χ4v) is 4.07. The van der Waals surface area contributed by atoms with Crippen LogP contribution in [0, 0.1) is 11.8 Å². The van der Waals surface area contributed by atoms with Gasteiger partial charge in [-0.05, 0) is 36.0 Å².